The number of anilines is 2. The fraction of sp³-hybridized carbons (Fsp3) is 0.182. The van der Waals surface area contributed by atoms with Gasteiger partial charge in [0, 0.05) is 5.69 Å². The summed E-state index contributed by atoms with van der Waals surface area (Å²) in [5.74, 6) is -2.76. The molecule has 0 aliphatic heterocycles. The van der Waals surface area contributed by atoms with Crippen LogP contribution in [0.5, 0.6) is 0 Å². The van der Waals surface area contributed by atoms with Crippen molar-refractivity contribution in [3.8, 4) is 0 Å². The van der Waals surface area contributed by atoms with E-state index in [1.54, 1.807) is 0 Å². The number of alkyl halides is 2. The molecule has 0 fully saturated rings. The fourth-order valence-corrected chi connectivity index (χ4v) is 1.42. The van der Waals surface area contributed by atoms with E-state index in [1.807, 2.05) is 0 Å². The number of hydrogen-bond acceptors (Lipinski definition) is 3. The molecule has 0 unspecified atom stereocenters. The third kappa shape index (κ3) is 4.42. The van der Waals surface area contributed by atoms with Crippen LogP contribution < -0.4 is 10.6 Å². The minimum absolute atomic E-state index is 0.0991. The Hall–Kier alpha value is -1.79. The lowest BCUT2D eigenvalue weighted by molar-refractivity contribution is -0.114. The van der Waals surface area contributed by atoms with Crippen molar-refractivity contribution >= 4 is 52.4 Å². The highest BCUT2D eigenvalue weighted by Crippen LogP contribution is 2.21. The van der Waals surface area contributed by atoms with Crippen LogP contribution in [0.3, 0.4) is 0 Å². The van der Waals surface area contributed by atoms with Gasteiger partial charge in [0.2, 0.25) is 11.8 Å². The van der Waals surface area contributed by atoms with Crippen LogP contribution in [0.15, 0.2) is 18.2 Å². The highest BCUT2D eigenvalue weighted by molar-refractivity contribution is 6.29. The average Bonchev–Trinajstić information content (AvgIpc) is 2.39. The lowest BCUT2D eigenvalue weighted by Crippen LogP contribution is -2.17. The van der Waals surface area contributed by atoms with Crippen molar-refractivity contribution in [2.75, 3.05) is 22.4 Å². The van der Waals surface area contributed by atoms with Crippen LogP contribution in [-0.2, 0) is 9.59 Å². The van der Waals surface area contributed by atoms with E-state index in [0.29, 0.717) is 0 Å². The fourth-order valence-electron chi connectivity index (χ4n) is 1.29. The van der Waals surface area contributed by atoms with Gasteiger partial charge in [-0.15, -0.1) is 23.2 Å². The molecule has 0 spiro atoms. The SMILES string of the molecule is O=C(CCl)Nc1ccc(NC(=O)CCl)c(C(=O)O)c1. The smallest absolute Gasteiger partial charge is 0.337 e. The van der Waals surface area contributed by atoms with Crippen molar-refractivity contribution < 1.29 is 19.5 Å². The van der Waals surface area contributed by atoms with Gasteiger partial charge >= 0.3 is 5.97 Å². The molecule has 3 N–H and O–H groups in total. The Morgan fingerprint density at radius 1 is 1.05 bits per heavy atom. The number of nitrogens with one attached hydrogen (secondary N) is 2. The first-order chi connectivity index (χ1) is 8.97. The molecule has 0 aliphatic carbocycles. The van der Waals surface area contributed by atoms with Crippen LogP contribution in [0.4, 0.5) is 11.4 Å². The molecule has 0 heterocycles. The third-order valence-corrected chi connectivity index (χ3v) is 2.54. The topological polar surface area (TPSA) is 95.5 Å². The Kier molecular flexibility index (Phi) is 5.59. The number of amides is 2. The van der Waals surface area contributed by atoms with Crippen LogP contribution in [0.25, 0.3) is 0 Å². The van der Waals surface area contributed by atoms with Crippen molar-refractivity contribution in [2.45, 2.75) is 0 Å². The van der Waals surface area contributed by atoms with Crippen LogP contribution in [0.2, 0.25) is 0 Å². The minimum Gasteiger partial charge on any atom is -0.478 e. The number of hydrogen-bond donors (Lipinski definition) is 3. The summed E-state index contributed by atoms with van der Waals surface area (Å²) in [6.07, 6.45) is 0. The van der Waals surface area contributed by atoms with E-state index in [0.717, 1.165) is 0 Å². The zero-order valence-corrected chi connectivity index (χ0v) is 11.1. The van der Waals surface area contributed by atoms with Crippen molar-refractivity contribution in [3.05, 3.63) is 23.8 Å². The number of rotatable bonds is 5. The molecular weight excluding hydrogens is 295 g/mol. The van der Waals surface area contributed by atoms with E-state index in [4.69, 9.17) is 28.3 Å². The molecule has 0 radical (unpaired) electrons. The van der Waals surface area contributed by atoms with Gasteiger partial charge in [0.25, 0.3) is 0 Å². The summed E-state index contributed by atoms with van der Waals surface area (Å²) in [6, 6.07) is 4.02. The monoisotopic (exact) mass is 304 g/mol. The van der Waals surface area contributed by atoms with Gasteiger partial charge in [0.15, 0.2) is 0 Å². The minimum atomic E-state index is -1.24. The lowest BCUT2D eigenvalue weighted by Gasteiger charge is -2.10. The van der Waals surface area contributed by atoms with Gasteiger partial charge in [-0.05, 0) is 18.2 Å². The second-order valence-electron chi connectivity index (χ2n) is 3.43. The Balaban J connectivity index is 3.04. The molecule has 0 saturated carbocycles. The highest BCUT2D eigenvalue weighted by atomic mass is 35.5. The Labute approximate surface area is 118 Å². The highest BCUT2D eigenvalue weighted by Gasteiger charge is 2.13. The molecule has 0 atom stereocenters. The molecule has 1 rings (SSSR count). The molecule has 1 aromatic rings. The molecule has 6 nitrogen and oxygen atoms in total. The standard InChI is InChI=1S/C11H10Cl2N2O4/c12-4-9(16)14-6-1-2-8(15-10(17)5-13)7(3-6)11(18)19/h1-3H,4-5H2,(H,14,16)(H,15,17)(H,18,19). The maximum atomic E-state index is 11.1. The van der Waals surface area contributed by atoms with Crippen molar-refractivity contribution in [3.63, 3.8) is 0 Å². The summed E-state index contributed by atoms with van der Waals surface area (Å²) in [5.41, 5.74) is 0.208. The molecule has 102 valence electrons. The summed E-state index contributed by atoms with van der Waals surface area (Å²) < 4.78 is 0. The second-order valence-corrected chi connectivity index (χ2v) is 3.96. The van der Waals surface area contributed by atoms with E-state index >= 15 is 0 Å². The van der Waals surface area contributed by atoms with Crippen LogP contribution in [0, 0.1) is 0 Å². The van der Waals surface area contributed by atoms with E-state index < -0.39 is 17.8 Å². The van der Waals surface area contributed by atoms with Crippen LogP contribution >= 0.6 is 23.2 Å². The second kappa shape index (κ2) is 6.96. The summed E-state index contributed by atoms with van der Waals surface area (Å²) in [7, 11) is 0. The molecule has 0 saturated heterocycles. The largest absolute Gasteiger partial charge is 0.478 e. The maximum absolute atomic E-state index is 11.1. The normalized spacial score (nSPS) is 9.79. The lowest BCUT2D eigenvalue weighted by atomic mass is 10.1. The van der Waals surface area contributed by atoms with Crippen LogP contribution in [-0.4, -0.2) is 34.7 Å². The maximum Gasteiger partial charge on any atom is 0.337 e. The summed E-state index contributed by atoms with van der Waals surface area (Å²) in [6.45, 7) is 0. The summed E-state index contributed by atoms with van der Waals surface area (Å²) in [4.78, 5) is 33.3. The number of aromatic carboxylic acids is 1. The zero-order chi connectivity index (χ0) is 14.4. The number of carbonyl (C=O) groups excluding carboxylic acids is 2. The first kappa shape index (κ1) is 15.3. The first-order valence-electron chi connectivity index (χ1n) is 5.07. The molecule has 8 heteroatoms. The average molecular weight is 305 g/mol. The number of carbonyl (C=O) groups is 3. The Morgan fingerprint density at radius 3 is 2.16 bits per heavy atom. The summed E-state index contributed by atoms with van der Waals surface area (Å²) >= 11 is 10.6. The molecule has 0 aliphatic rings. The molecule has 2 amide bonds. The quantitative estimate of drug-likeness (QED) is 0.722. The number of halogens is 2. The first-order valence-corrected chi connectivity index (χ1v) is 6.13. The van der Waals surface area contributed by atoms with Gasteiger partial charge in [-0.1, -0.05) is 0 Å². The molecule has 0 bridgehead atoms. The molecular formula is C11H10Cl2N2O4. The van der Waals surface area contributed by atoms with Gasteiger partial charge < -0.3 is 15.7 Å². The Bertz CT molecular complexity index is 519. The van der Waals surface area contributed by atoms with Gasteiger partial charge in [0.1, 0.15) is 11.8 Å². The van der Waals surface area contributed by atoms with Gasteiger partial charge in [-0.3, -0.25) is 9.59 Å². The number of carboxylic acids is 1. The van der Waals surface area contributed by atoms with E-state index in [9.17, 15) is 14.4 Å². The van der Waals surface area contributed by atoms with Gasteiger partial charge in [0.05, 0.1) is 11.3 Å². The van der Waals surface area contributed by atoms with E-state index in [1.165, 1.54) is 18.2 Å². The van der Waals surface area contributed by atoms with Gasteiger partial charge in [-0.25, -0.2) is 4.79 Å². The van der Waals surface area contributed by atoms with Crippen molar-refractivity contribution in [1.29, 1.82) is 0 Å². The van der Waals surface area contributed by atoms with E-state index in [2.05, 4.69) is 10.6 Å². The molecule has 19 heavy (non-hydrogen) atoms. The van der Waals surface area contributed by atoms with Crippen molar-refractivity contribution in [1.82, 2.24) is 0 Å². The number of carboxylic acid groups (broad SMARTS) is 1. The summed E-state index contributed by atoms with van der Waals surface area (Å²) in [5, 5.41) is 13.8. The Morgan fingerprint density at radius 2 is 1.63 bits per heavy atom. The molecule has 0 aromatic heterocycles. The number of benzene rings is 1. The predicted molar refractivity (Wildman–Crippen MR) is 72.1 cm³/mol. The van der Waals surface area contributed by atoms with Crippen LogP contribution in [0.1, 0.15) is 10.4 Å². The predicted octanol–water partition coefficient (Wildman–Crippen LogP) is 1.74. The van der Waals surface area contributed by atoms with Gasteiger partial charge in [-0.2, -0.15) is 0 Å². The molecule has 1 aromatic carbocycles. The van der Waals surface area contributed by atoms with Crippen molar-refractivity contribution in [2.24, 2.45) is 0 Å². The third-order valence-electron chi connectivity index (χ3n) is 2.05. The zero-order valence-electron chi connectivity index (χ0n) is 9.57. The van der Waals surface area contributed by atoms with E-state index in [-0.39, 0.29) is 28.7 Å².